The Balaban J connectivity index is 2.31. The number of nitrogens with two attached hydrogens (primary N) is 1. The van der Waals surface area contributed by atoms with E-state index in [1.807, 2.05) is 6.07 Å². The van der Waals surface area contributed by atoms with Crippen molar-refractivity contribution in [2.75, 3.05) is 7.11 Å². The molecule has 2 rings (SSSR count). The second-order valence-corrected chi connectivity index (χ2v) is 6.56. The molecule has 1 aliphatic rings. The topological polar surface area (TPSA) is 47.3 Å². The highest BCUT2D eigenvalue weighted by Crippen LogP contribution is 2.42. The third kappa shape index (κ3) is 3.35. The van der Waals surface area contributed by atoms with Gasteiger partial charge in [-0.2, -0.15) is 0 Å². The van der Waals surface area contributed by atoms with Crippen LogP contribution in [-0.2, 0) is 0 Å². The van der Waals surface area contributed by atoms with Crippen LogP contribution in [0.3, 0.4) is 0 Å². The number of halogens is 1. The molecule has 0 saturated heterocycles. The van der Waals surface area contributed by atoms with Crippen LogP contribution in [0.1, 0.15) is 50.6 Å². The average Bonchev–Trinajstić information content (AvgIpc) is 2.49. The average molecular weight is 341 g/mol. The van der Waals surface area contributed by atoms with E-state index < -0.39 is 0 Å². The van der Waals surface area contributed by atoms with Gasteiger partial charge in [-0.15, -0.1) is 0 Å². The number of ether oxygens (including phenoxy) is 1. The van der Waals surface area contributed by atoms with Gasteiger partial charge in [-0.3, -0.25) is 11.3 Å². The lowest BCUT2D eigenvalue weighted by Crippen LogP contribution is -2.38. The van der Waals surface area contributed by atoms with Crippen molar-refractivity contribution in [1.29, 1.82) is 0 Å². The summed E-state index contributed by atoms with van der Waals surface area (Å²) in [7, 11) is 1.72. The lowest BCUT2D eigenvalue weighted by molar-refractivity contribution is 0.174. The highest BCUT2D eigenvalue weighted by molar-refractivity contribution is 9.10. The van der Waals surface area contributed by atoms with Gasteiger partial charge in [0.2, 0.25) is 0 Å². The van der Waals surface area contributed by atoms with Crippen molar-refractivity contribution in [3.05, 3.63) is 28.2 Å². The van der Waals surface area contributed by atoms with Gasteiger partial charge in [-0.05, 0) is 30.4 Å². The summed E-state index contributed by atoms with van der Waals surface area (Å²) < 4.78 is 6.58. The van der Waals surface area contributed by atoms with Crippen LogP contribution < -0.4 is 16.0 Å². The molecule has 1 aromatic rings. The van der Waals surface area contributed by atoms with Crippen molar-refractivity contribution in [3.8, 4) is 5.75 Å². The Labute approximate surface area is 130 Å². The smallest absolute Gasteiger partial charge is 0.124 e. The number of hydrazine groups is 1. The highest BCUT2D eigenvalue weighted by Gasteiger charge is 2.32. The van der Waals surface area contributed by atoms with E-state index in [4.69, 9.17) is 10.6 Å². The molecule has 0 spiro atoms. The summed E-state index contributed by atoms with van der Waals surface area (Å²) in [5.74, 6) is 8.14. The molecule has 0 heterocycles. The molecule has 0 aliphatic heterocycles. The van der Waals surface area contributed by atoms with Crippen LogP contribution in [0, 0.1) is 11.8 Å². The molecule has 3 unspecified atom stereocenters. The van der Waals surface area contributed by atoms with Crippen LogP contribution >= 0.6 is 15.9 Å². The molecule has 0 bridgehead atoms. The third-order valence-electron chi connectivity index (χ3n) is 4.63. The Hall–Kier alpha value is -0.580. The molecule has 0 radical (unpaired) electrons. The van der Waals surface area contributed by atoms with Crippen molar-refractivity contribution in [3.63, 3.8) is 0 Å². The number of benzene rings is 1. The van der Waals surface area contributed by atoms with Crippen LogP contribution in [0.2, 0.25) is 0 Å². The molecule has 0 aromatic heterocycles. The first kappa shape index (κ1) is 15.8. The minimum absolute atomic E-state index is 0.170. The molecule has 1 aromatic carbocycles. The lowest BCUT2D eigenvalue weighted by atomic mass is 9.72. The molecular weight excluding hydrogens is 316 g/mol. The van der Waals surface area contributed by atoms with Gasteiger partial charge >= 0.3 is 0 Å². The van der Waals surface area contributed by atoms with E-state index in [0.717, 1.165) is 16.1 Å². The summed E-state index contributed by atoms with van der Waals surface area (Å²) in [6.45, 7) is 2.29. The highest BCUT2D eigenvalue weighted by atomic mass is 79.9. The third-order valence-corrected chi connectivity index (χ3v) is 5.12. The Kier molecular flexibility index (Phi) is 5.87. The fourth-order valence-corrected chi connectivity index (χ4v) is 3.91. The van der Waals surface area contributed by atoms with E-state index in [0.29, 0.717) is 5.92 Å². The summed E-state index contributed by atoms with van der Waals surface area (Å²) in [6.07, 6.45) is 6.44. The number of rotatable bonds is 5. The van der Waals surface area contributed by atoms with Gasteiger partial charge in [0, 0.05) is 10.0 Å². The Morgan fingerprint density at radius 2 is 2.15 bits per heavy atom. The van der Waals surface area contributed by atoms with Crippen LogP contribution in [0.15, 0.2) is 22.7 Å². The SMILES string of the molecule is CCC1CCCCC1C(NN)c1ccc(Br)cc1OC. The molecular formula is C16H25BrN2O. The van der Waals surface area contributed by atoms with Crippen molar-refractivity contribution in [2.45, 2.75) is 45.1 Å². The van der Waals surface area contributed by atoms with Crippen molar-refractivity contribution >= 4 is 15.9 Å². The molecule has 3 nitrogen and oxygen atoms in total. The molecule has 3 atom stereocenters. The summed E-state index contributed by atoms with van der Waals surface area (Å²) in [5.41, 5.74) is 4.22. The maximum absolute atomic E-state index is 5.90. The summed E-state index contributed by atoms with van der Waals surface area (Å²) in [5, 5.41) is 0. The molecule has 20 heavy (non-hydrogen) atoms. The van der Waals surface area contributed by atoms with Gasteiger partial charge in [0.25, 0.3) is 0 Å². The first-order valence-electron chi connectivity index (χ1n) is 7.50. The molecule has 1 aliphatic carbocycles. The van der Waals surface area contributed by atoms with Crippen LogP contribution in [0.5, 0.6) is 5.75 Å². The summed E-state index contributed by atoms with van der Waals surface area (Å²) in [4.78, 5) is 0. The Bertz CT molecular complexity index is 438. The van der Waals surface area contributed by atoms with Gasteiger partial charge < -0.3 is 4.74 Å². The van der Waals surface area contributed by atoms with E-state index >= 15 is 0 Å². The summed E-state index contributed by atoms with van der Waals surface area (Å²) >= 11 is 3.50. The second kappa shape index (κ2) is 7.43. The van der Waals surface area contributed by atoms with Crippen LogP contribution in [-0.4, -0.2) is 7.11 Å². The monoisotopic (exact) mass is 340 g/mol. The minimum Gasteiger partial charge on any atom is -0.496 e. The first-order valence-corrected chi connectivity index (χ1v) is 8.30. The van der Waals surface area contributed by atoms with Gasteiger partial charge in [0.1, 0.15) is 5.75 Å². The first-order chi connectivity index (χ1) is 9.71. The van der Waals surface area contributed by atoms with Crippen LogP contribution in [0.25, 0.3) is 0 Å². The second-order valence-electron chi connectivity index (χ2n) is 5.65. The quantitative estimate of drug-likeness (QED) is 0.624. The predicted molar refractivity (Wildman–Crippen MR) is 86.5 cm³/mol. The maximum Gasteiger partial charge on any atom is 0.124 e. The largest absolute Gasteiger partial charge is 0.496 e. The molecule has 4 heteroatoms. The van der Waals surface area contributed by atoms with E-state index in [1.54, 1.807) is 7.11 Å². The minimum atomic E-state index is 0.170. The molecule has 112 valence electrons. The van der Waals surface area contributed by atoms with Gasteiger partial charge in [-0.1, -0.05) is 54.6 Å². The fourth-order valence-electron chi connectivity index (χ4n) is 3.57. The standard InChI is InChI=1S/C16H25BrN2O/c1-3-11-6-4-5-7-13(11)16(19-18)14-9-8-12(17)10-15(14)20-2/h8-11,13,16,19H,3-7,18H2,1-2H3. The van der Waals surface area contributed by atoms with E-state index in [-0.39, 0.29) is 6.04 Å². The molecule has 3 N–H and O–H groups in total. The number of methoxy groups -OCH3 is 1. The molecule has 1 saturated carbocycles. The molecule has 0 amide bonds. The van der Waals surface area contributed by atoms with Gasteiger partial charge in [-0.25, -0.2) is 0 Å². The van der Waals surface area contributed by atoms with Crippen LogP contribution in [0.4, 0.5) is 0 Å². The lowest BCUT2D eigenvalue weighted by Gasteiger charge is -2.37. The van der Waals surface area contributed by atoms with Gasteiger partial charge in [0.05, 0.1) is 13.2 Å². The van der Waals surface area contributed by atoms with Crippen molar-refractivity contribution in [1.82, 2.24) is 5.43 Å². The van der Waals surface area contributed by atoms with E-state index in [9.17, 15) is 0 Å². The normalized spacial score (nSPS) is 24.4. The summed E-state index contributed by atoms with van der Waals surface area (Å²) in [6, 6.07) is 6.37. The zero-order chi connectivity index (χ0) is 14.5. The van der Waals surface area contributed by atoms with Crippen molar-refractivity contribution in [2.24, 2.45) is 17.7 Å². The zero-order valence-corrected chi connectivity index (χ0v) is 13.9. The Morgan fingerprint density at radius 1 is 1.40 bits per heavy atom. The maximum atomic E-state index is 5.90. The van der Waals surface area contributed by atoms with E-state index in [2.05, 4.69) is 40.4 Å². The predicted octanol–water partition coefficient (Wildman–Crippen LogP) is 4.18. The van der Waals surface area contributed by atoms with Gasteiger partial charge in [0.15, 0.2) is 0 Å². The fraction of sp³-hybridized carbons (Fsp3) is 0.625. The Morgan fingerprint density at radius 3 is 2.80 bits per heavy atom. The molecule has 1 fully saturated rings. The van der Waals surface area contributed by atoms with E-state index in [1.165, 1.54) is 37.7 Å². The zero-order valence-electron chi connectivity index (χ0n) is 12.4. The number of hydrogen-bond acceptors (Lipinski definition) is 3. The number of nitrogens with one attached hydrogen (secondary N) is 1. The van der Waals surface area contributed by atoms with Crippen molar-refractivity contribution < 1.29 is 4.74 Å². The number of hydrogen-bond donors (Lipinski definition) is 2.